The fourth-order valence-corrected chi connectivity index (χ4v) is 4.21. The van der Waals surface area contributed by atoms with Crippen molar-refractivity contribution in [3.63, 3.8) is 0 Å². The van der Waals surface area contributed by atoms with Gasteiger partial charge in [0, 0.05) is 30.5 Å². The fraction of sp³-hybridized carbons (Fsp3) is 0.111. The molecular weight excluding hydrogens is 402 g/mol. The Kier molecular flexibility index (Phi) is 5.25. The number of amides is 1. The zero-order valence-corrected chi connectivity index (χ0v) is 16.4. The van der Waals surface area contributed by atoms with Gasteiger partial charge in [-0.15, -0.1) is 6.58 Å². The lowest BCUT2D eigenvalue weighted by molar-refractivity contribution is -0.384. The summed E-state index contributed by atoms with van der Waals surface area (Å²) in [5.41, 5.74) is 0.761. The number of allylic oxidation sites excluding steroid dienone is 1. The molecule has 0 spiro atoms. The molecule has 0 aliphatic rings. The number of rotatable bonds is 5. The quantitative estimate of drug-likeness (QED) is 0.360. The zero-order valence-electron chi connectivity index (χ0n) is 14.7. The first-order chi connectivity index (χ1) is 13.2. The van der Waals surface area contributed by atoms with Crippen LogP contribution in [0.5, 0.6) is 0 Å². The Hall–Kier alpha value is -3.11. The minimum atomic E-state index is -3.36. The molecule has 28 heavy (non-hydrogen) atoms. The van der Waals surface area contributed by atoms with E-state index in [-0.39, 0.29) is 16.1 Å². The zero-order chi connectivity index (χ0) is 20.5. The Bertz CT molecular complexity index is 1270. The number of carbonyl (C=O) groups excluding carboxylic acids is 1. The van der Waals surface area contributed by atoms with Gasteiger partial charge in [0.1, 0.15) is 0 Å². The SMILES string of the molecule is C=CCn1c(=NC(=O)c2ccc(S(C)(=O)=O)cc2)sc2ccc([N+](=O)[O-])cc21. The molecule has 0 aliphatic carbocycles. The molecule has 1 aromatic heterocycles. The van der Waals surface area contributed by atoms with Crippen LogP contribution in [0.3, 0.4) is 0 Å². The number of nitro groups is 1. The van der Waals surface area contributed by atoms with E-state index in [1.807, 2.05) is 0 Å². The van der Waals surface area contributed by atoms with E-state index in [0.717, 1.165) is 11.0 Å². The van der Waals surface area contributed by atoms with Crippen molar-refractivity contribution in [1.82, 2.24) is 4.57 Å². The molecule has 0 radical (unpaired) electrons. The lowest BCUT2D eigenvalue weighted by atomic mass is 10.2. The monoisotopic (exact) mass is 417 g/mol. The number of hydrogen-bond acceptors (Lipinski definition) is 6. The first-order valence-corrected chi connectivity index (χ1v) is 10.7. The molecule has 1 amide bonds. The van der Waals surface area contributed by atoms with Crippen LogP contribution in [0.1, 0.15) is 10.4 Å². The highest BCUT2D eigenvalue weighted by Crippen LogP contribution is 2.23. The van der Waals surface area contributed by atoms with E-state index in [0.29, 0.717) is 16.9 Å². The average molecular weight is 417 g/mol. The van der Waals surface area contributed by atoms with Gasteiger partial charge in [0.25, 0.3) is 11.6 Å². The maximum absolute atomic E-state index is 12.5. The molecule has 0 N–H and O–H groups in total. The Morgan fingerprint density at radius 3 is 2.54 bits per heavy atom. The van der Waals surface area contributed by atoms with Crippen molar-refractivity contribution in [2.75, 3.05) is 6.26 Å². The summed E-state index contributed by atoms with van der Waals surface area (Å²) in [5, 5.41) is 11.0. The van der Waals surface area contributed by atoms with Gasteiger partial charge in [-0.05, 0) is 30.3 Å². The summed E-state index contributed by atoms with van der Waals surface area (Å²) in [6.45, 7) is 4.00. The number of fused-ring (bicyclic) bond motifs is 1. The van der Waals surface area contributed by atoms with Crippen molar-refractivity contribution in [1.29, 1.82) is 0 Å². The van der Waals surface area contributed by atoms with Crippen LogP contribution in [0.4, 0.5) is 5.69 Å². The molecule has 0 atom stereocenters. The normalized spacial score (nSPS) is 12.2. The number of nitrogens with zero attached hydrogens (tertiary/aromatic N) is 3. The summed E-state index contributed by atoms with van der Waals surface area (Å²) in [4.78, 5) is 27.7. The summed E-state index contributed by atoms with van der Waals surface area (Å²) in [6, 6.07) is 9.94. The molecule has 0 bridgehead atoms. The van der Waals surface area contributed by atoms with Crippen LogP contribution >= 0.6 is 11.3 Å². The van der Waals surface area contributed by atoms with Crippen LogP contribution in [0.2, 0.25) is 0 Å². The second-order valence-corrected chi connectivity index (χ2v) is 8.93. The topological polar surface area (TPSA) is 112 Å². The minimum Gasteiger partial charge on any atom is -0.312 e. The van der Waals surface area contributed by atoms with E-state index in [1.165, 1.54) is 47.7 Å². The summed E-state index contributed by atoms with van der Waals surface area (Å²) in [7, 11) is -3.36. The number of thiazole rings is 1. The van der Waals surface area contributed by atoms with Crippen LogP contribution < -0.4 is 4.80 Å². The van der Waals surface area contributed by atoms with Crippen molar-refractivity contribution >= 4 is 43.0 Å². The van der Waals surface area contributed by atoms with E-state index in [1.54, 1.807) is 16.7 Å². The minimum absolute atomic E-state index is 0.0580. The van der Waals surface area contributed by atoms with Gasteiger partial charge in [0.05, 0.1) is 20.0 Å². The number of hydrogen-bond donors (Lipinski definition) is 0. The third-order valence-electron chi connectivity index (χ3n) is 3.91. The maximum atomic E-state index is 12.5. The van der Waals surface area contributed by atoms with Crippen LogP contribution in [-0.4, -0.2) is 30.1 Å². The number of sulfone groups is 1. The highest BCUT2D eigenvalue weighted by molar-refractivity contribution is 7.90. The van der Waals surface area contributed by atoms with Gasteiger partial charge in [-0.2, -0.15) is 4.99 Å². The number of nitro benzene ring substituents is 1. The predicted octanol–water partition coefficient (Wildman–Crippen LogP) is 2.94. The number of aromatic nitrogens is 1. The predicted molar refractivity (Wildman–Crippen MR) is 106 cm³/mol. The molecule has 0 saturated carbocycles. The molecule has 10 heteroatoms. The molecule has 144 valence electrons. The summed E-state index contributed by atoms with van der Waals surface area (Å²) < 4.78 is 25.5. The van der Waals surface area contributed by atoms with E-state index >= 15 is 0 Å². The Morgan fingerprint density at radius 2 is 1.96 bits per heavy atom. The Labute approximate surface area is 164 Å². The summed E-state index contributed by atoms with van der Waals surface area (Å²) >= 11 is 1.22. The fourth-order valence-electron chi connectivity index (χ4n) is 2.56. The second kappa shape index (κ2) is 7.49. The van der Waals surface area contributed by atoms with Crippen LogP contribution in [0, 0.1) is 10.1 Å². The third-order valence-corrected chi connectivity index (χ3v) is 6.10. The molecule has 0 aliphatic heterocycles. The van der Waals surface area contributed by atoms with E-state index < -0.39 is 20.7 Å². The average Bonchev–Trinajstić information content (AvgIpc) is 2.98. The van der Waals surface area contributed by atoms with E-state index in [9.17, 15) is 23.3 Å². The molecule has 0 saturated heterocycles. The van der Waals surface area contributed by atoms with E-state index in [2.05, 4.69) is 11.6 Å². The van der Waals surface area contributed by atoms with Crippen LogP contribution in [-0.2, 0) is 16.4 Å². The molecular formula is C18H15N3O5S2. The van der Waals surface area contributed by atoms with Crippen molar-refractivity contribution in [3.05, 3.63) is 75.6 Å². The molecule has 3 rings (SSSR count). The Balaban J connectivity index is 2.09. The van der Waals surface area contributed by atoms with Gasteiger partial charge in [0.15, 0.2) is 14.6 Å². The molecule has 0 fully saturated rings. The number of non-ortho nitro benzene ring substituents is 1. The summed E-state index contributed by atoms with van der Waals surface area (Å²) in [6.07, 6.45) is 2.69. The highest BCUT2D eigenvalue weighted by Gasteiger charge is 2.14. The van der Waals surface area contributed by atoms with Crippen LogP contribution in [0.15, 0.2) is 65.0 Å². The first-order valence-electron chi connectivity index (χ1n) is 7.98. The summed E-state index contributed by atoms with van der Waals surface area (Å²) in [5.74, 6) is -0.543. The molecule has 1 heterocycles. The van der Waals surface area contributed by atoms with E-state index in [4.69, 9.17) is 0 Å². The molecule has 0 unspecified atom stereocenters. The van der Waals surface area contributed by atoms with Crippen molar-refractivity contribution < 1.29 is 18.1 Å². The van der Waals surface area contributed by atoms with Gasteiger partial charge >= 0.3 is 0 Å². The van der Waals surface area contributed by atoms with Crippen molar-refractivity contribution in [2.45, 2.75) is 11.4 Å². The van der Waals surface area contributed by atoms with Crippen LogP contribution in [0.25, 0.3) is 10.2 Å². The van der Waals surface area contributed by atoms with Gasteiger partial charge in [-0.1, -0.05) is 17.4 Å². The molecule has 3 aromatic rings. The van der Waals surface area contributed by atoms with Gasteiger partial charge in [-0.25, -0.2) is 8.42 Å². The first kappa shape index (κ1) is 19.6. The number of carbonyl (C=O) groups is 1. The number of benzene rings is 2. The van der Waals surface area contributed by atoms with Gasteiger partial charge in [0.2, 0.25) is 0 Å². The largest absolute Gasteiger partial charge is 0.312 e. The maximum Gasteiger partial charge on any atom is 0.279 e. The molecule has 8 nitrogen and oxygen atoms in total. The second-order valence-electron chi connectivity index (χ2n) is 5.91. The third kappa shape index (κ3) is 3.92. The smallest absolute Gasteiger partial charge is 0.279 e. The lowest BCUT2D eigenvalue weighted by Gasteiger charge is -2.01. The van der Waals surface area contributed by atoms with Gasteiger partial charge in [-0.3, -0.25) is 14.9 Å². The van der Waals surface area contributed by atoms with Crippen molar-refractivity contribution in [3.8, 4) is 0 Å². The lowest BCUT2D eigenvalue weighted by Crippen LogP contribution is -2.16. The molecule has 2 aromatic carbocycles. The highest BCUT2D eigenvalue weighted by atomic mass is 32.2. The Morgan fingerprint density at radius 1 is 1.29 bits per heavy atom. The van der Waals surface area contributed by atoms with Gasteiger partial charge < -0.3 is 4.57 Å². The van der Waals surface area contributed by atoms with Crippen molar-refractivity contribution in [2.24, 2.45) is 4.99 Å². The standard InChI is InChI=1S/C18H15N3O5S2/c1-3-10-20-15-11-13(21(23)24)6-9-16(15)27-18(20)19-17(22)12-4-7-14(8-5-12)28(2,25)26/h3-9,11H,1,10H2,2H3.